The molecule has 0 unspecified atom stereocenters. The number of benzene rings is 1. The lowest BCUT2D eigenvalue weighted by Crippen LogP contribution is -2.53. The van der Waals surface area contributed by atoms with Crippen LogP contribution in [0.25, 0.3) is 10.9 Å². The molecule has 9 heteroatoms. The van der Waals surface area contributed by atoms with Crippen LogP contribution in [0.4, 0.5) is 9.18 Å². The average molecular weight is 459 g/mol. The number of allylic oxidation sites excluding steroid dienone is 2. The van der Waals surface area contributed by atoms with Crippen molar-refractivity contribution < 1.29 is 19.1 Å². The van der Waals surface area contributed by atoms with Gasteiger partial charge in [0.15, 0.2) is 0 Å². The molecule has 1 aromatic carbocycles. The van der Waals surface area contributed by atoms with Gasteiger partial charge in [-0.1, -0.05) is 17.7 Å². The minimum absolute atomic E-state index is 0.00347. The van der Waals surface area contributed by atoms with Gasteiger partial charge in [0.1, 0.15) is 17.4 Å². The molecule has 2 aliphatic heterocycles. The van der Waals surface area contributed by atoms with Gasteiger partial charge in [0.25, 0.3) is 5.91 Å². The van der Waals surface area contributed by atoms with E-state index < -0.39 is 17.4 Å². The van der Waals surface area contributed by atoms with Crippen LogP contribution < -0.4 is 5.73 Å². The van der Waals surface area contributed by atoms with Crippen LogP contribution in [-0.2, 0) is 11.2 Å². The predicted molar refractivity (Wildman–Crippen MR) is 119 cm³/mol. The SMILES string of the molecule is C[C@@]12Cc3c([nH]c4cc(F)c(Cl)cc34)[C@@H](C3=CCCC(O)=C3)N1C(=O)N(CCCN)C2=O. The summed E-state index contributed by atoms with van der Waals surface area (Å²) in [6, 6.07) is 1.89. The van der Waals surface area contributed by atoms with Gasteiger partial charge in [0, 0.05) is 36.0 Å². The number of nitrogens with one attached hydrogen (secondary N) is 1. The summed E-state index contributed by atoms with van der Waals surface area (Å²) in [4.78, 5) is 33.2. The Hall–Kier alpha value is -2.84. The number of aliphatic hydroxyl groups excluding tert-OH is 1. The van der Waals surface area contributed by atoms with E-state index in [1.165, 1.54) is 11.0 Å². The van der Waals surface area contributed by atoms with Crippen LogP contribution in [0.15, 0.2) is 35.6 Å². The molecule has 0 saturated carbocycles. The smallest absolute Gasteiger partial charge is 0.328 e. The lowest BCUT2D eigenvalue weighted by molar-refractivity contribution is -0.133. The molecule has 2 atom stereocenters. The molecule has 1 saturated heterocycles. The number of carbonyl (C=O) groups excluding carboxylic acids is 2. The van der Waals surface area contributed by atoms with Gasteiger partial charge in [-0.2, -0.15) is 0 Å². The van der Waals surface area contributed by atoms with Gasteiger partial charge in [-0.15, -0.1) is 0 Å². The number of hydrogen-bond acceptors (Lipinski definition) is 4. The largest absolute Gasteiger partial charge is 0.512 e. The second-order valence-corrected chi connectivity index (χ2v) is 9.22. The molecule has 0 radical (unpaired) electrons. The fourth-order valence-corrected chi connectivity index (χ4v) is 5.37. The molecule has 5 rings (SSSR count). The van der Waals surface area contributed by atoms with Gasteiger partial charge in [-0.25, -0.2) is 9.18 Å². The molecule has 3 heterocycles. The highest BCUT2D eigenvalue weighted by atomic mass is 35.5. The normalized spacial score (nSPS) is 25.2. The number of fused-ring (bicyclic) bond motifs is 4. The number of aromatic nitrogens is 1. The molecule has 168 valence electrons. The predicted octanol–water partition coefficient (Wildman–Crippen LogP) is 4.09. The summed E-state index contributed by atoms with van der Waals surface area (Å²) in [5.74, 6) is -0.603. The van der Waals surface area contributed by atoms with E-state index in [0.717, 1.165) is 16.5 Å². The lowest BCUT2D eigenvalue weighted by atomic mass is 9.80. The maximum absolute atomic E-state index is 14.2. The average Bonchev–Trinajstić information content (AvgIpc) is 3.17. The molecule has 4 N–H and O–H groups in total. The van der Waals surface area contributed by atoms with Crippen LogP contribution in [0.3, 0.4) is 0 Å². The zero-order valence-corrected chi connectivity index (χ0v) is 18.4. The number of imide groups is 1. The number of aliphatic hydroxyl groups is 1. The second kappa shape index (κ2) is 7.35. The van der Waals surface area contributed by atoms with Crippen LogP contribution in [0.2, 0.25) is 5.02 Å². The van der Waals surface area contributed by atoms with Crippen molar-refractivity contribution in [2.75, 3.05) is 13.1 Å². The summed E-state index contributed by atoms with van der Waals surface area (Å²) < 4.78 is 14.2. The quantitative estimate of drug-likeness (QED) is 0.600. The Morgan fingerprint density at radius 1 is 1.38 bits per heavy atom. The Bertz CT molecular complexity index is 1220. The maximum Gasteiger partial charge on any atom is 0.328 e. The molecule has 1 aromatic heterocycles. The Kier molecular flexibility index (Phi) is 4.83. The highest BCUT2D eigenvalue weighted by molar-refractivity contribution is 6.31. The van der Waals surface area contributed by atoms with Crippen molar-refractivity contribution in [3.63, 3.8) is 0 Å². The number of halogens is 2. The molecule has 0 bridgehead atoms. The molecule has 7 nitrogen and oxygen atoms in total. The number of rotatable bonds is 4. The monoisotopic (exact) mass is 458 g/mol. The summed E-state index contributed by atoms with van der Waals surface area (Å²) in [6.45, 7) is 2.38. The van der Waals surface area contributed by atoms with Gasteiger partial charge >= 0.3 is 6.03 Å². The highest BCUT2D eigenvalue weighted by Crippen LogP contribution is 2.50. The summed E-state index contributed by atoms with van der Waals surface area (Å²) in [5, 5.41) is 10.9. The number of amides is 3. The van der Waals surface area contributed by atoms with E-state index in [2.05, 4.69) is 4.98 Å². The third kappa shape index (κ3) is 2.89. The zero-order valence-electron chi connectivity index (χ0n) is 17.6. The van der Waals surface area contributed by atoms with Crippen molar-refractivity contribution in [1.29, 1.82) is 0 Å². The Morgan fingerprint density at radius 2 is 2.16 bits per heavy atom. The van der Waals surface area contributed by atoms with Crippen molar-refractivity contribution >= 4 is 34.4 Å². The number of hydrogen-bond donors (Lipinski definition) is 3. The van der Waals surface area contributed by atoms with Crippen molar-refractivity contribution in [3.05, 3.63) is 57.7 Å². The van der Waals surface area contributed by atoms with Crippen LogP contribution in [0.1, 0.15) is 43.5 Å². The number of carbonyl (C=O) groups is 2. The van der Waals surface area contributed by atoms with E-state index in [-0.39, 0.29) is 35.7 Å². The van der Waals surface area contributed by atoms with E-state index in [1.807, 2.05) is 6.08 Å². The fourth-order valence-electron chi connectivity index (χ4n) is 5.20. The van der Waals surface area contributed by atoms with Crippen LogP contribution in [0, 0.1) is 5.82 Å². The number of H-pyrrole nitrogens is 1. The molecular formula is C23H24ClFN4O3. The fraction of sp³-hybridized carbons (Fsp3) is 0.391. The van der Waals surface area contributed by atoms with Crippen molar-refractivity contribution in [2.45, 2.75) is 44.2 Å². The molecular weight excluding hydrogens is 435 g/mol. The van der Waals surface area contributed by atoms with Crippen molar-refractivity contribution in [2.24, 2.45) is 5.73 Å². The summed E-state index contributed by atoms with van der Waals surface area (Å²) in [6.07, 6.45) is 5.55. The summed E-state index contributed by atoms with van der Waals surface area (Å²) in [5.41, 5.74) is 7.31. The number of nitrogens with zero attached hydrogens (tertiary/aromatic N) is 2. The van der Waals surface area contributed by atoms with Gasteiger partial charge in [-0.3, -0.25) is 14.6 Å². The van der Waals surface area contributed by atoms with Crippen LogP contribution >= 0.6 is 11.6 Å². The standard InChI is InChI=1S/C23H24ClFN4O3/c1-23-11-15-14-9-16(24)17(25)10-18(14)27-19(15)20(12-4-2-5-13(30)8-12)29(23)22(32)28(21(23)31)7-3-6-26/h4,8-10,20,27,30H,2-3,5-7,11,26H2,1H3/t20-,23+/m1/s1. The van der Waals surface area contributed by atoms with Gasteiger partial charge in [0.2, 0.25) is 0 Å². The van der Waals surface area contributed by atoms with Crippen LogP contribution in [0.5, 0.6) is 0 Å². The molecule has 32 heavy (non-hydrogen) atoms. The minimum atomic E-state index is -1.12. The van der Waals surface area contributed by atoms with E-state index in [9.17, 15) is 19.1 Å². The third-order valence-corrected chi connectivity index (χ3v) is 7.01. The highest BCUT2D eigenvalue weighted by Gasteiger charge is 2.60. The van der Waals surface area contributed by atoms with Gasteiger partial charge in [0.05, 0.1) is 10.8 Å². The second-order valence-electron chi connectivity index (χ2n) is 8.81. The molecule has 3 aliphatic rings. The van der Waals surface area contributed by atoms with Crippen molar-refractivity contribution in [1.82, 2.24) is 14.8 Å². The van der Waals surface area contributed by atoms with Crippen molar-refractivity contribution in [3.8, 4) is 0 Å². The maximum atomic E-state index is 14.2. The van der Waals surface area contributed by atoms with E-state index in [4.69, 9.17) is 17.3 Å². The lowest BCUT2D eigenvalue weighted by Gasteiger charge is -2.43. The molecule has 0 spiro atoms. The summed E-state index contributed by atoms with van der Waals surface area (Å²) >= 11 is 6.08. The first-order chi connectivity index (χ1) is 15.3. The molecule has 1 fully saturated rings. The molecule has 3 amide bonds. The summed E-state index contributed by atoms with van der Waals surface area (Å²) in [7, 11) is 0. The third-order valence-electron chi connectivity index (χ3n) is 6.72. The Balaban J connectivity index is 1.73. The van der Waals surface area contributed by atoms with Gasteiger partial charge < -0.3 is 15.8 Å². The first kappa shape index (κ1) is 21.0. The molecule has 2 aromatic rings. The number of nitrogens with two attached hydrogens (primary N) is 1. The first-order valence-electron chi connectivity index (χ1n) is 10.7. The van der Waals surface area contributed by atoms with E-state index in [1.54, 1.807) is 24.0 Å². The van der Waals surface area contributed by atoms with E-state index >= 15 is 0 Å². The van der Waals surface area contributed by atoms with E-state index in [0.29, 0.717) is 37.0 Å². The number of aromatic amines is 1. The zero-order chi connectivity index (χ0) is 22.8. The molecule has 1 aliphatic carbocycles. The Morgan fingerprint density at radius 3 is 2.88 bits per heavy atom. The number of urea groups is 1. The first-order valence-corrected chi connectivity index (χ1v) is 11.1. The Labute approximate surface area is 189 Å². The van der Waals surface area contributed by atoms with Crippen LogP contribution in [-0.4, -0.2) is 50.5 Å². The topological polar surface area (TPSA) is 103 Å². The van der Waals surface area contributed by atoms with Gasteiger partial charge in [-0.05, 0) is 55.7 Å². The minimum Gasteiger partial charge on any atom is -0.512 e.